The zero-order valence-corrected chi connectivity index (χ0v) is 10.7. The average Bonchev–Trinajstić information content (AvgIpc) is 3.10. The number of rotatable bonds is 5. The number of hydrogen-bond acceptors (Lipinski definition) is 2. The van der Waals surface area contributed by atoms with Crippen LogP contribution in [0.3, 0.4) is 0 Å². The van der Waals surface area contributed by atoms with Gasteiger partial charge in [0.25, 0.3) is 0 Å². The van der Waals surface area contributed by atoms with Gasteiger partial charge in [-0.15, -0.1) is 0 Å². The average molecular weight is 236 g/mol. The van der Waals surface area contributed by atoms with E-state index in [1.54, 1.807) is 6.92 Å². The number of hydrogen-bond donors (Lipinski definition) is 1. The molecule has 0 radical (unpaired) electrons. The predicted molar refractivity (Wildman–Crippen MR) is 70.8 cm³/mol. The van der Waals surface area contributed by atoms with Crippen molar-refractivity contribution >= 4 is 11.4 Å². The fourth-order valence-corrected chi connectivity index (χ4v) is 2.14. The van der Waals surface area contributed by atoms with Gasteiger partial charge in [0, 0.05) is 12.6 Å². The van der Waals surface area contributed by atoms with Crippen LogP contribution in [0.4, 0.5) is 15.8 Å². The Kier molecular flexibility index (Phi) is 3.55. The SMILES string of the molecule is CCCCN(c1cc(C)c(F)cc1N)C1CC1. The number of nitrogens with zero attached hydrogens (tertiary/aromatic N) is 1. The summed E-state index contributed by atoms with van der Waals surface area (Å²) in [4.78, 5) is 2.35. The molecule has 0 amide bonds. The van der Waals surface area contributed by atoms with E-state index in [0.717, 1.165) is 18.7 Å². The summed E-state index contributed by atoms with van der Waals surface area (Å²) in [5.74, 6) is -0.211. The molecule has 94 valence electrons. The monoisotopic (exact) mass is 236 g/mol. The quantitative estimate of drug-likeness (QED) is 0.793. The van der Waals surface area contributed by atoms with Crippen LogP contribution in [-0.2, 0) is 0 Å². The molecule has 1 fully saturated rings. The molecule has 0 bridgehead atoms. The number of aryl methyl sites for hydroxylation is 1. The number of nitrogens with two attached hydrogens (primary N) is 1. The smallest absolute Gasteiger partial charge is 0.128 e. The lowest BCUT2D eigenvalue weighted by molar-refractivity contribution is 0.618. The molecule has 0 spiro atoms. The molecule has 0 unspecified atom stereocenters. The minimum atomic E-state index is -0.211. The summed E-state index contributed by atoms with van der Waals surface area (Å²) in [6, 6.07) is 3.96. The zero-order chi connectivity index (χ0) is 12.4. The third-order valence-electron chi connectivity index (χ3n) is 3.36. The van der Waals surface area contributed by atoms with Crippen LogP contribution in [0.25, 0.3) is 0 Å². The maximum Gasteiger partial charge on any atom is 0.128 e. The Balaban J connectivity index is 2.25. The second kappa shape index (κ2) is 4.94. The molecule has 0 aliphatic heterocycles. The van der Waals surface area contributed by atoms with E-state index in [0.29, 0.717) is 17.3 Å². The van der Waals surface area contributed by atoms with Crippen LogP contribution in [0.15, 0.2) is 12.1 Å². The van der Waals surface area contributed by atoms with Crippen molar-refractivity contribution in [1.29, 1.82) is 0 Å². The van der Waals surface area contributed by atoms with E-state index in [9.17, 15) is 4.39 Å². The van der Waals surface area contributed by atoms with Crippen LogP contribution in [0, 0.1) is 12.7 Å². The summed E-state index contributed by atoms with van der Waals surface area (Å²) < 4.78 is 13.4. The van der Waals surface area contributed by atoms with E-state index in [1.807, 2.05) is 6.07 Å². The lowest BCUT2D eigenvalue weighted by atomic mass is 10.1. The fraction of sp³-hybridized carbons (Fsp3) is 0.571. The van der Waals surface area contributed by atoms with E-state index in [1.165, 1.54) is 25.3 Å². The van der Waals surface area contributed by atoms with Crippen molar-refractivity contribution in [3.63, 3.8) is 0 Å². The fourth-order valence-electron chi connectivity index (χ4n) is 2.14. The number of benzene rings is 1. The molecule has 0 saturated heterocycles. The van der Waals surface area contributed by atoms with Gasteiger partial charge >= 0.3 is 0 Å². The molecule has 2 nitrogen and oxygen atoms in total. The number of anilines is 2. The molecule has 1 aromatic carbocycles. The zero-order valence-electron chi connectivity index (χ0n) is 10.7. The van der Waals surface area contributed by atoms with Gasteiger partial charge in [-0.1, -0.05) is 13.3 Å². The van der Waals surface area contributed by atoms with Crippen molar-refractivity contribution < 1.29 is 4.39 Å². The number of unbranched alkanes of at least 4 members (excludes halogenated alkanes) is 1. The van der Waals surface area contributed by atoms with Crippen LogP contribution in [0.1, 0.15) is 38.2 Å². The first-order valence-corrected chi connectivity index (χ1v) is 6.45. The molecule has 1 aliphatic carbocycles. The first kappa shape index (κ1) is 12.2. The summed E-state index contributed by atoms with van der Waals surface area (Å²) >= 11 is 0. The maximum atomic E-state index is 13.4. The van der Waals surface area contributed by atoms with E-state index in [2.05, 4.69) is 11.8 Å². The lowest BCUT2D eigenvalue weighted by Gasteiger charge is -2.26. The van der Waals surface area contributed by atoms with Crippen LogP contribution < -0.4 is 10.6 Å². The van der Waals surface area contributed by atoms with Crippen LogP contribution in [0.5, 0.6) is 0 Å². The topological polar surface area (TPSA) is 29.3 Å². The van der Waals surface area contributed by atoms with Gasteiger partial charge < -0.3 is 10.6 Å². The summed E-state index contributed by atoms with van der Waals surface area (Å²) in [6.07, 6.45) is 4.80. The van der Waals surface area contributed by atoms with Gasteiger partial charge in [-0.3, -0.25) is 0 Å². The summed E-state index contributed by atoms with van der Waals surface area (Å²) in [6.45, 7) is 5.00. The largest absolute Gasteiger partial charge is 0.397 e. The summed E-state index contributed by atoms with van der Waals surface area (Å²) in [5.41, 5.74) is 8.20. The van der Waals surface area contributed by atoms with Crippen molar-refractivity contribution in [3.8, 4) is 0 Å². The highest BCUT2D eigenvalue weighted by Crippen LogP contribution is 2.36. The second-order valence-electron chi connectivity index (χ2n) is 4.94. The normalized spacial score (nSPS) is 15.0. The van der Waals surface area contributed by atoms with Gasteiger partial charge in [0.1, 0.15) is 5.82 Å². The van der Waals surface area contributed by atoms with Crippen molar-refractivity contribution in [1.82, 2.24) is 0 Å². The number of halogens is 1. The Labute approximate surface area is 103 Å². The predicted octanol–water partition coefficient (Wildman–Crippen LogP) is 3.49. The Bertz CT molecular complexity index is 399. The van der Waals surface area contributed by atoms with Crippen molar-refractivity contribution in [2.24, 2.45) is 0 Å². The van der Waals surface area contributed by atoms with Gasteiger partial charge in [-0.05, 0) is 43.9 Å². The number of nitrogen functional groups attached to an aromatic ring is 1. The van der Waals surface area contributed by atoms with Crippen LogP contribution in [0.2, 0.25) is 0 Å². The van der Waals surface area contributed by atoms with E-state index in [-0.39, 0.29) is 5.82 Å². The highest BCUT2D eigenvalue weighted by atomic mass is 19.1. The highest BCUT2D eigenvalue weighted by Gasteiger charge is 2.30. The summed E-state index contributed by atoms with van der Waals surface area (Å²) in [5, 5.41) is 0. The Morgan fingerprint density at radius 2 is 2.12 bits per heavy atom. The molecule has 17 heavy (non-hydrogen) atoms. The highest BCUT2D eigenvalue weighted by molar-refractivity contribution is 5.69. The molecule has 1 aliphatic rings. The van der Waals surface area contributed by atoms with Crippen LogP contribution in [-0.4, -0.2) is 12.6 Å². The third kappa shape index (κ3) is 2.71. The van der Waals surface area contributed by atoms with E-state index in [4.69, 9.17) is 5.73 Å². The molecule has 0 heterocycles. The van der Waals surface area contributed by atoms with E-state index >= 15 is 0 Å². The molecule has 0 atom stereocenters. The van der Waals surface area contributed by atoms with Gasteiger partial charge in [-0.25, -0.2) is 4.39 Å². The molecule has 1 aromatic rings. The Morgan fingerprint density at radius 1 is 1.41 bits per heavy atom. The molecule has 2 N–H and O–H groups in total. The van der Waals surface area contributed by atoms with Gasteiger partial charge in [0.15, 0.2) is 0 Å². The first-order valence-electron chi connectivity index (χ1n) is 6.45. The molecule has 3 heteroatoms. The standard InChI is InChI=1S/C14H21FN2/c1-3-4-7-17(11-5-6-11)14-8-10(2)12(15)9-13(14)16/h8-9,11H,3-7,16H2,1-2H3. The van der Waals surface area contributed by atoms with Crippen molar-refractivity contribution in [2.45, 2.75) is 45.6 Å². The molecule has 1 saturated carbocycles. The van der Waals surface area contributed by atoms with Gasteiger partial charge in [0.05, 0.1) is 11.4 Å². The molecular weight excluding hydrogens is 215 g/mol. The molecular formula is C14H21FN2. The van der Waals surface area contributed by atoms with Crippen LogP contribution >= 0.6 is 0 Å². The van der Waals surface area contributed by atoms with Crippen molar-refractivity contribution in [3.05, 3.63) is 23.5 Å². The van der Waals surface area contributed by atoms with Crippen molar-refractivity contribution in [2.75, 3.05) is 17.2 Å². The molecule has 2 rings (SSSR count). The molecule has 0 aromatic heterocycles. The minimum absolute atomic E-state index is 0.211. The second-order valence-corrected chi connectivity index (χ2v) is 4.94. The Morgan fingerprint density at radius 3 is 2.71 bits per heavy atom. The Hall–Kier alpha value is -1.25. The third-order valence-corrected chi connectivity index (χ3v) is 3.36. The minimum Gasteiger partial charge on any atom is -0.397 e. The first-order chi connectivity index (χ1) is 8.13. The maximum absolute atomic E-state index is 13.4. The lowest BCUT2D eigenvalue weighted by Crippen LogP contribution is -2.27. The van der Waals surface area contributed by atoms with Gasteiger partial charge in [0.2, 0.25) is 0 Å². The van der Waals surface area contributed by atoms with Gasteiger partial charge in [-0.2, -0.15) is 0 Å². The summed E-state index contributed by atoms with van der Waals surface area (Å²) in [7, 11) is 0. The van der Waals surface area contributed by atoms with E-state index < -0.39 is 0 Å².